The lowest BCUT2D eigenvalue weighted by Crippen LogP contribution is -2.19. The van der Waals surface area contributed by atoms with E-state index in [-0.39, 0.29) is 11.5 Å². The fraction of sp³-hybridized carbons (Fsp3) is 0.520. The Bertz CT molecular complexity index is 900. The molecule has 33 heavy (non-hydrogen) atoms. The van der Waals surface area contributed by atoms with Crippen LogP contribution >= 0.6 is 0 Å². The highest BCUT2D eigenvalue weighted by Crippen LogP contribution is 2.39. The Balaban J connectivity index is 1.70. The van der Waals surface area contributed by atoms with Gasteiger partial charge in [0, 0.05) is 12.0 Å². The second-order valence-electron chi connectivity index (χ2n) is 8.79. The summed E-state index contributed by atoms with van der Waals surface area (Å²) in [7, 11) is 0. The van der Waals surface area contributed by atoms with E-state index in [1.807, 2.05) is 0 Å². The van der Waals surface area contributed by atoms with Crippen molar-refractivity contribution in [2.45, 2.75) is 77.0 Å². The molecule has 0 heterocycles. The number of unbranched alkanes of at least 4 members (excludes halogenated alkanes) is 2. The number of rotatable bonds is 8. The van der Waals surface area contributed by atoms with Gasteiger partial charge in [0.1, 0.15) is 11.6 Å². The van der Waals surface area contributed by atoms with Crippen molar-refractivity contribution in [3.8, 4) is 5.75 Å². The maximum absolute atomic E-state index is 14.7. The predicted octanol–water partition coefficient (Wildman–Crippen LogP) is 8.59. The number of benzene rings is 2. The largest absolute Gasteiger partial charge is 0.573 e. The van der Waals surface area contributed by atoms with Gasteiger partial charge in [0.25, 0.3) is 0 Å². The maximum atomic E-state index is 14.7. The highest BCUT2D eigenvalue weighted by atomic mass is 19.4. The second-order valence-corrected chi connectivity index (χ2v) is 8.79. The minimum absolute atomic E-state index is 0.0548. The van der Waals surface area contributed by atoms with E-state index in [1.54, 1.807) is 0 Å². The van der Waals surface area contributed by atoms with E-state index in [0.717, 1.165) is 25.7 Å². The zero-order valence-corrected chi connectivity index (χ0v) is 18.4. The van der Waals surface area contributed by atoms with Crippen LogP contribution in [0, 0.1) is 29.2 Å². The minimum Gasteiger partial charge on any atom is -0.399 e. The Hall–Kier alpha value is -2.25. The summed E-state index contributed by atoms with van der Waals surface area (Å²) in [4.78, 5) is 0. The lowest BCUT2D eigenvalue weighted by atomic mass is 9.77. The molecule has 0 saturated heterocycles. The van der Waals surface area contributed by atoms with E-state index in [0.29, 0.717) is 23.6 Å². The first-order valence-corrected chi connectivity index (χ1v) is 11.3. The van der Waals surface area contributed by atoms with Crippen LogP contribution in [0.1, 0.15) is 80.9 Å². The lowest BCUT2D eigenvalue weighted by Gasteiger charge is -2.29. The molecule has 182 valence electrons. The molecule has 1 saturated carbocycles. The van der Waals surface area contributed by atoms with Gasteiger partial charge in [0.2, 0.25) is 5.75 Å². The summed E-state index contributed by atoms with van der Waals surface area (Å²) in [5.41, 5.74) is -0.0417. The van der Waals surface area contributed by atoms with Gasteiger partial charge in [-0.25, -0.2) is 17.6 Å². The summed E-state index contributed by atoms with van der Waals surface area (Å²) in [5.74, 6) is -5.79. The molecule has 0 spiro atoms. The van der Waals surface area contributed by atoms with Crippen LogP contribution in [0.25, 0.3) is 0 Å². The van der Waals surface area contributed by atoms with Crippen LogP contribution in [0.4, 0.5) is 30.7 Å². The number of halogens is 7. The first kappa shape index (κ1) is 25.4. The van der Waals surface area contributed by atoms with Crippen LogP contribution in [-0.2, 0) is 6.42 Å². The maximum Gasteiger partial charge on any atom is 0.573 e. The van der Waals surface area contributed by atoms with Crippen molar-refractivity contribution < 1.29 is 35.5 Å². The Morgan fingerprint density at radius 1 is 0.818 bits per heavy atom. The van der Waals surface area contributed by atoms with Crippen LogP contribution in [0.5, 0.6) is 5.75 Å². The van der Waals surface area contributed by atoms with Gasteiger partial charge in [0.05, 0.1) is 0 Å². The first-order valence-electron chi connectivity index (χ1n) is 11.3. The van der Waals surface area contributed by atoms with Crippen molar-refractivity contribution in [2.24, 2.45) is 5.92 Å². The van der Waals surface area contributed by atoms with E-state index >= 15 is 0 Å². The van der Waals surface area contributed by atoms with Crippen LogP contribution in [0.3, 0.4) is 0 Å². The van der Waals surface area contributed by atoms with Crippen molar-refractivity contribution in [2.75, 3.05) is 0 Å². The van der Waals surface area contributed by atoms with Gasteiger partial charge in [-0.15, -0.1) is 13.2 Å². The highest BCUT2D eigenvalue weighted by molar-refractivity contribution is 5.37. The second kappa shape index (κ2) is 10.8. The van der Waals surface area contributed by atoms with Crippen LogP contribution < -0.4 is 4.74 Å². The third kappa shape index (κ3) is 6.87. The zero-order chi connectivity index (χ0) is 24.2. The van der Waals surface area contributed by atoms with Gasteiger partial charge < -0.3 is 4.74 Å². The molecule has 2 aromatic carbocycles. The van der Waals surface area contributed by atoms with Gasteiger partial charge in [-0.1, -0.05) is 32.6 Å². The number of hydrogen-bond acceptors (Lipinski definition) is 1. The molecule has 0 atom stereocenters. The molecule has 1 aliphatic carbocycles. The van der Waals surface area contributed by atoms with E-state index in [2.05, 4.69) is 11.7 Å². The summed E-state index contributed by atoms with van der Waals surface area (Å²) in [6, 6.07) is 3.68. The molecule has 0 unspecified atom stereocenters. The van der Waals surface area contributed by atoms with Gasteiger partial charge in [-0.2, -0.15) is 0 Å². The summed E-state index contributed by atoms with van der Waals surface area (Å²) in [6.07, 6.45) is 2.73. The molecule has 1 aliphatic rings. The third-order valence-electron chi connectivity index (χ3n) is 6.35. The molecule has 2 aromatic rings. The molecule has 0 N–H and O–H groups in total. The Kier molecular flexibility index (Phi) is 8.29. The molecule has 3 rings (SSSR count). The van der Waals surface area contributed by atoms with Crippen molar-refractivity contribution in [3.63, 3.8) is 0 Å². The summed E-state index contributed by atoms with van der Waals surface area (Å²) in [6.45, 7) is 2.16. The molecule has 1 fully saturated rings. The Morgan fingerprint density at radius 3 is 1.91 bits per heavy atom. The first-order chi connectivity index (χ1) is 15.6. The predicted molar refractivity (Wildman–Crippen MR) is 111 cm³/mol. The molecular formula is C25H27F7O. The molecule has 0 radical (unpaired) electrons. The molecule has 0 aromatic heterocycles. The van der Waals surface area contributed by atoms with Crippen LogP contribution in [-0.4, -0.2) is 6.36 Å². The van der Waals surface area contributed by atoms with Crippen molar-refractivity contribution in [1.82, 2.24) is 0 Å². The fourth-order valence-electron chi connectivity index (χ4n) is 4.63. The molecule has 1 nitrogen and oxygen atoms in total. The van der Waals surface area contributed by atoms with Gasteiger partial charge in [-0.05, 0) is 72.9 Å². The standard InChI is InChI=1S/C25H27F7O/c1-2-3-4-5-15-6-8-17(9-7-15)18-13-20(26)19(21(27)14-18)10-16-11-22(28)24(23(29)12-16)33-25(30,31)32/h11-15,17H,2-10H2,1H3. The Morgan fingerprint density at radius 2 is 1.39 bits per heavy atom. The van der Waals surface area contributed by atoms with Gasteiger partial charge in [-0.3, -0.25) is 0 Å². The lowest BCUT2D eigenvalue weighted by molar-refractivity contribution is -0.276. The van der Waals surface area contributed by atoms with E-state index < -0.39 is 47.4 Å². The third-order valence-corrected chi connectivity index (χ3v) is 6.35. The average Bonchev–Trinajstić information content (AvgIpc) is 2.73. The zero-order valence-electron chi connectivity index (χ0n) is 18.4. The number of ether oxygens (including phenoxy) is 1. The Labute approximate surface area is 188 Å². The van der Waals surface area contributed by atoms with Crippen molar-refractivity contribution in [1.29, 1.82) is 0 Å². The quantitative estimate of drug-likeness (QED) is 0.274. The smallest absolute Gasteiger partial charge is 0.399 e. The normalized spacial score (nSPS) is 19.0. The molecule has 0 bridgehead atoms. The van der Waals surface area contributed by atoms with E-state index in [4.69, 9.17) is 0 Å². The molecule has 0 amide bonds. The van der Waals surface area contributed by atoms with E-state index in [9.17, 15) is 30.7 Å². The van der Waals surface area contributed by atoms with Gasteiger partial charge >= 0.3 is 6.36 Å². The summed E-state index contributed by atoms with van der Waals surface area (Å²) in [5, 5.41) is 0. The molecule has 8 heteroatoms. The SMILES string of the molecule is CCCCCC1CCC(c2cc(F)c(Cc3cc(F)c(OC(F)(F)F)c(F)c3)c(F)c2)CC1. The average molecular weight is 476 g/mol. The monoisotopic (exact) mass is 476 g/mol. The van der Waals surface area contributed by atoms with Crippen molar-refractivity contribution >= 4 is 0 Å². The number of alkyl halides is 3. The van der Waals surface area contributed by atoms with E-state index in [1.165, 1.54) is 37.8 Å². The van der Waals surface area contributed by atoms with Crippen molar-refractivity contribution in [3.05, 3.63) is 64.2 Å². The van der Waals surface area contributed by atoms with Crippen LogP contribution in [0.15, 0.2) is 24.3 Å². The highest BCUT2D eigenvalue weighted by Gasteiger charge is 2.34. The fourth-order valence-corrected chi connectivity index (χ4v) is 4.63. The van der Waals surface area contributed by atoms with Crippen LogP contribution in [0.2, 0.25) is 0 Å². The molecule has 0 aliphatic heterocycles. The number of hydrogen-bond donors (Lipinski definition) is 0. The minimum atomic E-state index is -5.27. The summed E-state index contributed by atoms with van der Waals surface area (Å²) < 4.78 is 97.5. The van der Waals surface area contributed by atoms with Gasteiger partial charge in [0.15, 0.2) is 11.6 Å². The topological polar surface area (TPSA) is 9.23 Å². The molecular weight excluding hydrogens is 449 g/mol. The summed E-state index contributed by atoms with van der Waals surface area (Å²) >= 11 is 0.